The second kappa shape index (κ2) is 5.78. The third-order valence-corrected chi connectivity index (χ3v) is 3.01. The Morgan fingerprint density at radius 2 is 2.22 bits per heavy atom. The number of methoxy groups -OCH3 is 1. The van der Waals surface area contributed by atoms with Gasteiger partial charge in [-0.15, -0.1) is 0 Å². The summed E-state index contributed by atoms with van der Waals surface area (Å²) in [5.74, 6) is 1.46. The number of para-hydroxylation sites is 1. The Kier molecular flexibility index (Phi) is 4.10. The van der Waals surface area contributed by atoms with E-state index in [0.717, 1.165) is 9.53 Å². The molecule has 18 heavy (non-hydrogen) atoms. The molecule has 1 aromatic carbocycles. The SMILES string of the molecule is COc1cccc(C#N)c1NCc1ccc(I)o1. The van der Waals surface area contributed by atoms with Crippen molar-refractivity contribution in [1.29, 1.82) is 5.26 Å². The maximum absolute atomic E-state index is 9.07. The second-order valence-electron chi connectivity index (χ2n) is 3.55. The van der Waals surface area contributed by atoms with Gasteiger partial charge in [0.15, 0.2) is 3.77 Å². The number of ether oxygens (including phenoxy) is 1. The lowest BCUT2D eigenvalue weighted by Crippen LogP contribution is -2.02. The van der Waals surface area contributed by atoms with Gasteiger partial charge in [0.25, 0.3) is 0 Å². The molecule has 5 heteroatoms. The van der Waals surface area contributed by atoms with Crippen LogP contribution >= 0.6 is 22.6 Å². The largest absolute Gasteiger partial charge is 0.495 e. The molecule has 0 spiro atoms. The van der Waals surface area contributed by atoms with E-state index in [9.17, 15) is 0 Å². The predicted octanol–water partition coefficient (Wildman–Crippen LogP) is 3.38. The van der Waals surface area contributed by atoms with E-state index in [0.29, 0.717) is 23.5 Å². The van der Waals surface area contributed by atoms with Crippen LogP contribution < -0.4 is 10.1 Å². The lowest BCUT2D eigenvalue weighted by Gasteiger charge is -2.11. The predicted molar refractivity (Wildman–Crippen MR) is 76.5 cm³/mol. The molecule has 92 valence electrons. The van der Waals surface area contributed by atoms with Crippen molar-refractivity contribution in [2.75, 3.05) is 12.4 Å². The smallest absolute Gasteiger partial charge is 0.164 e. The number of rotatable bonds is 4. The van der Waals surface area contributed by atoms with Crippen molar-refractivity contribution < 1.29 is 9.15 Å². The molecule has 1 aromatic heterocycles. The molecule has 0 unspecified atom stereocenters. The van der Waals surface area contributed by atoms with Crippen LogP contribution in [-0.4, -0.2) is 7.11 Å². The quantitative estimate of drug-likeness (QED) is 0.856. The second-order valence-corrected chi connectivity index (χ2v) is 4.62. The maximum Gasteiger partial charge on any atom is 0.164 e. The molecule has 2 aromatic rings. The Morgan fingerprint density at radius 1 is 1.39 bits per heavy atom. The van der Waals surface area contributed by atoms with Crippen LogP contribution in [0.3, 0.4) is 0 Å². The number of anilines is 1. The molecule has 0 aliphatic carbocycles. The lowest BCUT2D eigenvalue weighted by molar-refractivity contribution is 0.416. The Morgan fingerprint density at radius 3 is 2.83 bits per heavy atom. The van der Waals surface area contributed by atoms with Gasteiger partial charge in [-0.3, -0.25) is 0 Å². The Labute approximate surface area is 119 Å². The van der Waals surface area contributed by atoms with Gasteiger partial charge < -0.3 is 14.5 Å². The average Bonchev–Trinajstić information content (AvgIpc) is 2.81. The lowest BCUT2D eigenvalue weighted by atomic mass is 10.1. The first kappa shape index (κ1) is 12.8. The molecule has 0 fully saturated rings. The normalized spacial score (nSPS) is 9.83. The Bertz CT molecular complexity index is 587. The fourth-order valence-corrected chi connectivity index (χ4v) is 2.06. The van der Waals surface area contributed by atoms with E-state index >= 15 is 0 Å². The summed E-state index contributed by atoms with van der Waals surface area (Å²) in [6, 6.07) is 11.3. The van der Waals surface area contributed by atoms with E-state index in [1.165, 1.54) is 0 Å². The van der Waals surface area contributed by atoms with Gasteiger partial charge in [-0.25, -0.2) is 0 Å². The molecular weight excluding hydrogens is 343 g/mol. The van der Waals surface area contributed by atoms with Crippen LogP contribution in [0.1, 0.15) is 11.3 Å². The van der Waals surface area contributed by atoms with Gasteiger partial charge in [0.05, 0.1) is 24.9 Å². The molecule has 0 bridgehead atoms. The molecule has 0 atom stereocenters. The van der Waals surface area contributed by atoms with E-state index in [1.54, 1.807) is 19.2 Å². The number of hydrogen-bond acceptors (Lipinski definition) is 4. The highest BCUT2D eigenvalue weighted by Crippen LogP contribution is 2.28. The van der Waals surface area contributed by atoms with Gasteiger partial charge in [0, 0.05) is 0 Å². The van der Waals surface area contributed by atoms with Gasteiger partial charge in [-0.2, -0.15) is 5.26 Å². The summed E-state index contributed by atoms with van der Waals surface area (Å²) < 4.78 is 11.5. The zero-order valence-electron chi connectivity index (χ0n) is 9.74. The van der Waals surface area contributed by atoms with Gasteiger partial charge in [0.1, 0.15) is 17.6 Å². The third kappa shape index (κ3) is 2.76. The first-order chi connectivity index (χ1) is 8.74. The van der Waals surface area contributed by atoms with Crippen LogP contribution in [-0.2, 0) is 6.54 Å². The third-order valence-electron chi connectivity index (χ3n) is 2.43. The highest BCUT2D eigenvalue weighted by Gasteiger charge is 2.09. The van der Waals surface area contributed by atoms with E-state index < -0.39 is 0 Å². The number of nitrogens with zero attached hydrogens (tertiary/aromatic N) is 1. The number of furan rings is 1. The summed E-state index contributed by atoms with van der Waals surface area (Å²) in [6.07, 6.45) is 0. The molecule has 0 aliphatic rings. The monoisotopic (exact) mass is 354 g/mol. The Balaban J connectivity index is 2.20. The summed E-state index contributed by atoms with van der Waals surface area (Å²) in [4.78, 5) is 0. The van der Waals surface area contributed by atoms with Gasteiger partial charge in [-0.05, 0) is 46.9 Å². The molecule has 2 rings (SSSR count). The first-order valence-corrected chi connectivity index (χ1v) is 6.37. The summed E-state index contributed by atoms with van der Waals surface area (Å²) >= 11 is 2.11. The number of hydrogen-bond donors (Lipinski definition) is 1. The molecule has 0 saturated heterocycles. The first-order valence-electron chi connectivity index (χ1n) is 5.30. The molecular formula is C13H11IN2O2. The molecule has 4 nitrogen and oxygen atoms in total. The van der Waals surface area contributed by atoms with Crippen molar-refractivity contribution in [3.8, 4) is 11.8 Å². The van der Waals surface area contributed by atoms with E-state index in [2.05, 4.69) is 34.0 Å². The van der Waals surface area contributed by atoms with Crippen LogP contribution in [0.5, 0.6) is 5.75 Å². The molecule has 0 aliphatic heterocycles. The van der Waals surface area contributed by atoms with Crippen molar-refractivity contribution >= 4 is 28.3 Å². The Hall–Kier alpha value is -1.68. The fraction of sp³-hybridized carbons (Fsp3) is 0.154. The summed E-state index contributed by atoms with van der Waals surface area (Å²) in [5, 5.41) is 12.2. The van der Waals surface area contributed by atoms with Crippen LogP contribution in [0.15, 0.2) is 34.7 Å². The van der Waals surface area contributed by atoms with Crippen molar-refractivity contribution in [1.82, 2.24) is 0 Å². The topological polar surface area (TPSA) is 58.2 Å². The van der Waals surface area contributed by atoms with Crippen LogP contribution in [0.25, 0.3) is 0 Å². The fourth-order valence-electron chi connectivity index (χ4n) is 1.60. The molecule has 0 saturated carbocycles. The number of nitriles is 1. The average molecular weight is 354 g/mol. The molecule has 1 heterocycles. The van der Waals surface area contributed by atoms with Crippen molar-refractivity contribution in [3.63, 3.8) is 0 Å². The minimum absolute atomic E-state index is 0.512. The van der Waals surface area contributed by atoms with Crippen molar-refractivity contribution in [2.24, 2.45) is 0 Å². The summed E-state index contributed by atoms with van der Waals surface area (Å²) in [6.45, 7) is 0.512. The van der Waals surface area contributed by atoms with Gasteiger partial charge in [0.2, 0.25) is 0 Å². The van der Waals surface area contributed by atoms with Gasteiger partial charge >= 0.3 is 0 Å². The van der Waals surface area contributed by atoms with Gasteiger partial charge in [-0.1, -0.05) is 6.07 Å². The standard InChI is InChI=1S/C13H11IN2O2/c1-17-11-4-2-3-9(7-15)13(11)16-8-10-5-6-12(14)18-10/h2-6,16H,8H2,1H3. The van der Waals surface area contributed by atoms with Crippen LogP contribution in [0, 0.1) is 15.1 Å². The number of halogens is 1. The molecule has 0 amide bonds. The number of benzene rings is 1. The highest BCUT2D eigenvalue weighted by atomic mass is 127. The summed E-state index contributed by atoms with van der Waals surface area (Å²) in [7, 11) is 1.58. The van der Waals surface area contributed by atoms with E-state index in [-0.39, 0.29) is 0 Å². The highest BCUT2D eigenvalue weighted by molar-refractivity contribution is 14.1. The molecule has 0 radical (unpaired) electrons. The van der Waals surface area contributed by atoms with E-state index in [1.807, 2.05) is 18.2 Å². The molecule has 1 N–H and O–H groups in total. The van der Waals surface area contributed by atoms with Crippen LogP contribution in [0.4, 0.5) is 5.69 Å². The van der Waals surface area contributed by atoms with Crippen molar-refractivity contribution in [3.05, 3.63) is 45.4 Å². The number of nitrogens with one attached hydrogen (secondary N) is 1. The van der Waals surface area contributed by atoms with Crippen LogP contribution in [0.2, 0.25) is 0 Å². The maximum atomic E-state index is 9.07. The minimum Gasteiger partial charge on any atom is -0.495 e. The summed E-state index contributed by atoms with van der Waals surface area (Å²) in [5.41, 5.74) is 1.24. The zero-order valence-corrected chi connectivity index (χ0v) is 11.9. The van der Waals surface area contributed by atoms with E-state index in [4.69, 9.17) is 14.4 Å². The minimum atomic E-state index is 0.512. The zero-order chi connectivity index (χ0) is 13.0. The van der Waals surface area contributed by atoms with Crippen molar-refractivity contribution in [2.45, 2.75) is 6.54 Å².